The molecule has 2 nitrogen and oxygen atoms in total. The maximum atomic E-state index is 6.45. The van der Waals surface area contributed by atoms with Crippen LogP contribution in [0.3, 0.4) is 0 Å². The van der Waals surface area contributed by atoms with Gasteiger partial charge in [0.2, 0.25) is 0 Å². The number of fused-ring (bicyclic) bond motifs is 4. The van der Waals surface area contributed by atoms with Gasteiger partial charge in [0.15, 0.2) is 0 Å². The van der Waals surface area contributed by atoms with E-state index in [0.29, 0.717) is 0 Å². The molecule has 0 aliphatic heterocycles. The highest BCUT2D eigenvalue weighted by Crippen LogP contribution is 2.42. The number of ether oxygens (including phenoxy) is 1. The number of aryl methyl sites for hydroxylation is 2. The third kappa shape index (κ3) is 2.45. The Kier molecular flexibility index (Phi) is 3.58. The van der Waals surface area contributed by atoms with Crippen molar-refractivity contribution in [3.8, 4) is 11.5 Å². The Labute approximate surface area is 158 Å². The van der Waals surface area contributed by atoms with E-state index >= 15 is 0 Å². The lowest BCUT2D eigenvalue weighted by molar-refractivity contribution is 0.493. The summed E-state index contributed by atoms with van der Waals surface area (Å²) in [6.45, 7) is 4.34. The van der Waals surface area contributed by atoms with Crippen LogP contribution in [0.4, 0.5) is 0 Å². The fourth-order valence-corrected chi connectivity index (χ4v) is 3.84. The van der Waals surface area contributed by atoms with Gasteiger partial charge < -0.3 is 4.74 Å². The Bertz CT molecular complexity index is 1310. The molecule has 0 atom stereocenters. The number of pyridine rings is 1. The normalized spacial score (nSPS) is 11.3. The van der Waals surface area contributed by atoms with Crippen LogP contribution < -0.4 is 4.74 Å². The first-order valence-corrected chi connectivity index (χ1v) is 9.17. The van der Waals surface area contributed by atoms with E-state index in [9.17, 15) is 0 Å². The lowest BCUT2D eigenvalue weighted by Gasteiger charge is -2.17. The van der Waals surface area contributed by atoms with Crippen LogP contribution in [0.15, 0.2) is 78.9 Å². The number of hydrogen-bond donors (Lipinski definition) is 0. The molecule has 0 spiro atoms. The van der Waals surface area contributed by atoms with Crippen molar-refractivity contribution in [2.45, 2.75) is 13.8 Å². The van der Waals surface area contributed by atoms with Crippen LogP contribution in [-0.4, -0.2) is 4.98 Å². The minimum absolute atomic E-state index is 0.834. The van der Waals surface area contributed by atoms with Gasteiger partial charge in [-0.15, -0.1) is 0 Å². The molecular formula is C25H19NO. The second-order valence-electron chi connectivity index (χ2n) is 6.89. The number of para-hydroxylation sites is 2. The molecule has 1 aromatic heterocycles. The van der Waals surface area contributed by atoms with Gasteiger partial charge in [0.1, 0.15) is 11.5 Å². The Morgan fingerprint density at radius 2 is 1.26 bits per heavy atom. The number of benzene rings is 4. The van der Waals surface area contributed by atoms with Gasteiger partial charge in [-0.05, 0) is 54.6 Å². The molecule has 0 unspecified atom stereocenters. The molecule has 0 saturated heterocycles. The van der Waals surface area contributed by atoms with Crippen LogP contribution in [0.1, 0.15) is 11.1 Å². The topological polar surface area (TPSA) is 22.1 Å². The fraction of sp³-hybridized carbons (Fsp3) is 0.0800. The van der Waals surface area contributed by atoms with E-state index in [1.165, 1.54) is 21.9 Å². The third-order valence-corrected chi connectivity index (χ3v) is 5.33. The molecule has 4 aromatic carbocycles. The summed E-state index contributed by atoms with van der Waals surface area (Å²) >= 11 is 0. The average Bonchev–Trinajstić information content (AvgIpc) is 2.72. The van der Waals surface area contributed by atoms with Gasteiger partial charge in [-0.1, -0.05) is 54.6 Å². The van der Waals surface area contributed by atoms with E-state index < -0.39 is 0 Å². The van der Waals surface area contributed by atoms with E-state index in [0.717, 1.165) is 33.3 Å². The first kappa shape index (κ1) is 15.8. The largest absolute Gasteiger partial charge is 0.456 e. The highest BCUT2D eigenvalue weighted by molar-refractivity contribution is 6.15. The molecular weight excluding hydrogens is 330 g/mol. The Hall–Kier alpha value is -3.39. The molecule has 0 bridgehead atoms. The van der Waals surface area contributed by atoms with Gasteiger partial charge in [-0.25, -0.2) is 4.98 Å². The van der Waals surface area contributed by atoms with Gasteiger partial charge in [0, 0.05) is 16.2 Å². The molecule has 0 fully saturated rings. The van der Waals surface area contributed by atoms with E-state index in [2.05, 4.69) is 50.2 Å². The molecule has 0 amide bonds. The zero-order valence-corrected chi connectivity index (χ0v) is 15.4. The molecule has 5 rings (SSSR count). The van der Waals surface area contributed by atoms with Gasteiger partial charge in [0.25, 0.3) is 0 Å². The van der Waals surface area contributed by atoms with Crippen molar-refractivity contribution in [3.63, 3.8) is 0 Å². The predicted octanol–water partition coefficient (Wildman–Crippen LogP) is 6.95. The SMILES string of the molecule is Cc1c(C)c2c(Oc3ccccc3)c3ccccc3nc2c2ccccc12. The zero-order chi connectivity index (χ0) is 18.4. The molecule has 0 radical (unpaired) electrons. The Balaban J connectivity index is 1.98. The number of hydrogen-bond acceptors (Lipinski definition) is 2. The number of aromatic nitrogens is 1. The van der Waals surface area contributed by atoms with Crippen LogP contribution >= 0.6 is 0 Å². The van der Waals surface area contributed by atoms with Gasteiger partial charge in [-0.2, -0.15) is 0 Å². The second kappa shape index (κ2) is 6.10. The van der Waals surface area contributed by atoms with Crippen molar-refractivity contribution in [2.24, 2.45) is 0 Å². The molecule has 1 heterocycles. The number of nitrogens with zero attached hydrogens (tertiary/aromatic N) is 1. The van der Waals surface area contributed by atoms with E-state index in [-0.39, 0.29) is 0 Å². The molecule has 130 valence electrons. The van der Waals surface area contributed by atoms with Crippen molar-refractivity contribution in [2.75, 3.05) is 0 Å². The first-order chi connectivity index (χ1) is 13.2. The average molecular weight is 349 g/mol. The molecule has 0 aliphatic carbocycles. The Morgan fingerprint density at radius 1 is 0.630 bits per heavy atom. The molecule has 0 saturated carbocycles. The molecule has 2 heteroatoms. The first-order valence-electron chi connectivity index (χ1n) is 9.17. The predicted molar refractivity (Wildman–Crippen MR) is 113 cm³/mol. The van der Waals surface area contributed by atoms with E-state index in [1.54, 1.807) is 0 Å². The van der Waals surface area contributed by atoms with Crippen molar-refractivity contribution in [3.05, 3.63) is 90.0 Å². The molecule has 0 N–H and O–H groups in total. The van der Waals surface area contributed by atoms with Gasteiger partial charge in [-0.3, -0.25) is 0 Å². The van der Waals surface area contributed by atoms with E-state index in [1.807, 2.05) is 42.5 Å². The van der Waals surface area contributed by atoms with Gasteiger partial charge in [0.05, 0.1) is 11.0 Å². The quantitative estimate of drug-likeness (QED) is 0.254. The van der Waals surface area contributed by atoms with Crippen LogP contribution in [0, 0.1) is 13.8 Å². The summed E-state index contributed by atoms with van der Waals surface area (Å²) in [5, 5.41) is 4.54. The van der Waals surface area contributed by atoms with Gasteiger partial charge >= 0.3 is 0 Å². The molecule has 0 aliphatic rings. The lowest BCUT2D eigenvalue weighted by atomic mass is 9.94. The maximum absolute atomic E-state index is 6.45. The van der Waals surface area contributed by atoms with Crippen molar-refractivity contribution in [1.82, 2.24) is 4.98 Å². The van der Waals surface area contributed by atoms with Crippen LogP contribution in [0.5, 0.6) is 11.5 Å². The standard InChI is InChI=1S/C25H19NO/c1-16-17(2)23-24(20-13-7-6-12-19(16)20)26-22-15-9-8-14-21(22)25(23)27-18-10-4-3-5-11-18/h3-15H,1-2H3. The van der Waals surface area contributed by atoms with E-state index in [4.69, 9.17) is 9.72 Å². The summed E-state index contributed by atoms with van der Waals surface area (Å²) < 4.78 is 6.45. The highest BCUT2D eigenvalue weighted by atomic mass is 16.5. The smallest absolute Gasteiger partial charge is 0.146 e. The summed E-state index contributed by atoms with van der Waals surface area (Å²) in [6.07, 6.45) is 0. The van der Waals surface area contributed by atoms with Crippen LogP contribution in [0.2, 0.25) is 0 Å². The summed E-state index contributed by atoms with van der Waals surface area (Å²) in [7, 11) is 0. The van der Waals surface area contributed by atoms with Crippen LogP contribution in [-0.2, 0) is 0 Å². The Morgan fingerprint density at radius 3 is 2.04 bits per heavy atom. The second-order valence-corrected chi connectivity index (χ2v) is 6.89. The van der Waals surface area contributed by atoms with Crippen LogP contribution in [0.25, 0.3) is 32.6 Å². The lowest BCUT2D eigenvalue weighted by Crippen LogP contribution is -1.96. The third-order valence-electron chi connectivity index (χ3n) is 5.33. The monoisotopic (exact) mass is 349 g/mol. The summed E-state index contributed by atoms with van der Waals surface area (Å²) in [5.74, 6) is 1.72. The zero-order valence-electron chi connectivity index (χ0n) is 15.4. The summed E-state index contributed by atoms with van der Waals surface area (Å²) in [5.41, 5.74) is 4.43. The molecule has 27 heavy (non-hydrogen) atoms. The minimum atomic E-state index is 0.834. The molecule has 5 aromatic rings. The van der Waals surface area contributed by atoms with Crippen molar-refractivity contribution >= 4 is 32.6 Å². The van der Waals surface area contributed by atoms with Crippen molar-refractivity contribution in [1.29, 1.82) is 0 Å². The fourth-order valence-electron chi connectivity index (χ4n) is 3.84. The summed E-state index contributed by atoms with van der Waals surface area (Å²) in [4.78, 5) is 5.03. The minimum Gasteiger partial charge on any atom is -0.456 e. The highest BCUT2D eigenvalue weighted by Gasteiger charge is 2.17. The summed E-state index contributed by atoms with van der Waals surface area (Å²) in [6, 6.07) is 26.7. The number of rotatable bonds is 2. The maximum Gasteiger partial charge on any atom is 0.146 e. The van der Waals surface area contributed by atoms with Crippen molar-refractivity contribution < 1.29 is 4.74 Å².